The number of amides is 1. The molecule has 1 amide bonds. The third kappa shape index (κ3) is 3.06. The Kier molecular flexibility index (Phi) is 3.76. The van der Waals surface area contributed by atoms with E-state index in [1.165, 1.54) is 6.07 Å². The summed E-state index contributed by atoms with van der Waals surface area (Å²) in [5, 5.41) is 2.53. The van der Waals surface area contributed by atoms with Crippen LogP contribution in [0, 0.1) is 5.82 Å². The van der Waals surface area contributed by atoms with E-state index in [1.807, 2.05) is 0 Å². The van der Waals surface area contributed by atoms with E-state index in [2.05, 4.69) is 17.9 Å². The van der Waals surface area contributed by atoms with Gasteiger partial charge in [-0.2, -0.15) is 12.6 Å². The lowest BCUT2D eigenvalue weighted by Crippen LogP contribution is -2.24. The van der Waals surface area contributed by atoms with Crippen molar-refractivity contribution in [1.82, 2.24) is 5.32 Å². The van der Waals surface area contributed by atoms with Crippen molar-refractivity contribution in [2.75, 3.05) is 5.75 Å². The highest BCUT2D eigenvalue weighted by Crippen LogP contribution is 2.05. The number of hydrogen-bond acceptors (Lipinski definition) is 2. The van der Waals surface area contributed by atoms with E-state index in [0.717, 1.165) is 0 Å². The standard InChI is InChI=1S/C9H10FNOS/c10-8-4-2-1-3-7(8)5-11-9(12)6-13/h1-4,13H,5-6H2,(H,11,12). The van der Waals surface area contributed by atoms with Gasteiger partial charge in [0.25, 0.3) is 0 Å². The predicted molar refractivity (Wildman–Crippen MR) is 52.1 cm³/mol. The van der Waals surface area contributed by atoms with Crippen LogP contribution in [0.25, 0.3) is 0 Å². The average Bonchev–Trinajstić information content (AvgIpc) is 2.16. The maximum Gasteiger partial charge on any atom is 0.229 e. The summed E-state index contributed by atoms with van der Waals surface area (Å²) >= 11 is 3.78. The van der Waals surface area contributed by atoms with Crippen molar-refractivity contribution >= 4 is 18.5 Å². The number of nitrogens with one attached hydrogen (secondary N) is 1. The Balaban J connectivity index is 2.54. The number of rotatable bonds is 3. The highest BCUT2D eigenvalue weighted by Gasteiger charge is 2.01. The van der Waals surface area contributed by atoms with Crippen LogP contribution in [0.5, 0.6) is 0 Å². The Hall–Kier alpha value is -1.03. The molecule has 0 heterocycles. The Morgan fingerprint density at radius 2 is 2.15 bits per heavy atom. The van der Waals surface area contributed by atoms with E-state index in [4.69, 9.17) is 0 Å². The fourth-order valence-electron chi connectivity index (χ4n) is 0.891. The Morgan fingerprint density at radius 1 is 1.46 bits per heavy atom. The van der Waals surface area contributed by atoms with Crippen molar-refractivity contribution in [2.45, 2.75) is 6.54 Å². The van der Waals surface area contributed by atoms with Crippen molar-refractivity contribution in [1.29, 1.82) is 0 Å². The van der Waals surface area contributed by atoms with Gasteiger partial charge in [0.05, 0.1) is 5.75 Å². The zero-order valence-electron chi connectivity index (χ0n) is 6.96. The van der Waals surface area contributed by atoms with Gasteiger partial charge >= 0.3 is 0 Å². The minimum atomic E-state index is -0.304. The van der Waals surface area contributed by atoms with E-state index < -0.39 is 0 Å². The molecule has 0 radical (unpaired) electrons. The molecule has 0 aliphatic rings. The first-order valence-corrected chi connectivity index (χ1v) is 4.48. The van der Waals surface area contributed by atoms with E-state index in [9.17, 15) is 9.18 Å². The van der Waals surface area contributed by atoms with Crippen molar-refractivity contribution < 1.29 is 9.18 Å². The van der Waals surface area contributed by atoms with Crippen molar-refractivity contribution in [3.05, 3.63) is 35.6 Å². The normalized spacial score (nSPS) is 9.69. The summed E-state index contributed by atoms with van der Waals surface area (Å²) in [6.07, 6.45) is 0. The molecule has 2 nitrogen and oxygen atoms in total. The first-order valence-electron chi connectivity index (χ1n) is 3.85. The topological polar surface area (TPSA) is 29.1 Å². The summed E-state index contributed by atoms with van der Waals surface area (Å²) in [6.45, 7) is 0.214. The third-order valence-electron chi connectivity index (χ3n) is 1.58. The van der Waals surface area contributed by atoms with Crippen LogP contribution in [0.15, 0.2) is 24.3 Å². The number of carbonyl (C=O) groups excluding carboxylic acids is 1. The largest absolute Gasteiger partial charge is 0.351 e. The van der Waals surface area contributed by atoms with Gasteiger partial charge in [0.2, 0.25) is 5.91 Å². The van der Waals surface area contributed by atoms with Crippen molar-refractivity contribution in [2.24, 2.45) is 0 Å². The Labute approximate surface area is 81.6 Å². The molecule has 0 saturated carbocycles. The minimum Gasteiger partial charge on any atom is -0.351 e. The van der Waals surface area contributed by atoms with E-state index in [1.54, 1.807) is 18.2 Å². The van der Waals surface area contributed by atoms with Gasteiger partial charge in [0, 0.05) is 12.1 Å². The molecule has 70 valence electrons. The lowest BCUT2D eigenvalue weighted by atomic mass is 10.2. The first kappa shape index (κ1) is 10.1. The van der Waals surface area contributed by atoms with Crippen LogP contribution in [0.4, 0.5) is 4.39 Å². The van der Waals surface area contributed by atoms with Crippen LogP contribution in [-0.2, 0) is 11.3 Å². The Bertz CT molecular complexity index is 303. The van der Waals surface area contributed by atoms with Crippen LogP contribution in [0.1, 0.15) is 5.56 Å². The molecule has 4 heteroatoms. The molecule has 0 aromatic heterocycles. The van der Waals surface area contributed by atoms with Crippen LogP contribution in [0.3, 0.4) is 0 Å². The molecular weight excluding hydrogens is 189 g/mol. The van der Waals surface area contributed by atoms with Gasteiger partial charge in [-0.05, 0) is 6.07 Å². The molecule has 0 aliphatic carbocycles. The number of halogens is 1. The number of benzene rings is 1. The molecule has 1 rings (SSSR count). The maximum absolute atomic E-state index is 13.0. The molecule has 13 heavy (non-hydrogen) atoms. The fraction of sp³-hybridized carbons (Fsp3) is 0.222. The van der Waals surface area contributed by atoms with Crippen molar-refractivity contribution in [3.63, 3.8) is 0 Å². The number of hydrogen-bond donors (Lipinski definition) is 2. The fourth-order valence-corrected chi connectivity index (χ4v) is 1.00. The predicted octanol–water partition coefficient (Wildman–Crippen LogP) is 1.37. The second kappa shape index (κ2) is 4.87. The molecule has 0 aliphatic heterocycles. The molecular formula is C9H10FNOS. The van der Waals surface area contributed by atoms with Gasteiger partial charge in [0.15, 0.2) is 0 Å². The molecule has 0 bridgehead atoms. The molecule has 0 fully saturated rings. The first-order chi connectivity index (χ1) is 6.24. The molecule has 1 aromatic rings. The Morgan fingerprint density at radius 3 is 2.77 bits per heavy atom. The highest BCUT2D eigenvalue weighted by molar-refractivity contribution is 7.81. The van der Waals surface area contributed by atoms with E-state index >= 15 is 0 Å². The zero-order valence-corrected chi connectivity index (χ0v) is 7.85. The molecule has 1 N–H and O–H groups in total. The van der Waals surface area contributed by atoms with Gasteiger partial charge in [-0.25, -0.2) is 4.39 Å². The van der Waals surface area contributed by atoms with Crippen LogP contribution >= 0.6 is 12.6 Å². The number of carbonyl (C=O) groups is 1. The number of thiol groups is 1. The molecule has 0 atom stereocenters. The van der Waals surface area contributed by atoms with Crippen LogP contribution in [-0.4, -0.2) is 11.7 Å². The van der Waals surface area contributed by atoms with Gasteiger partial charge < -0.3 is 5.32 Å². The second-order valence-electron chi connectivity index (χ2n) is 2.53. The summed E-state index contributed by atoms with van der Waals surface area (Å²) in [5.41, 5.74) is 0.484. The smallest absolute Gasteiger partial charge is 0.229 e. The van der Waals surface area contributed by atoms with Crippen LogP contribution < -0.4 is 5.32 Å². The van der Waals surface area contributed by atoms with Gasteiger partial charge in [0.1, 0.15) is 5.82 Å². The minimum absolute atomic E-state index is 0.119. The summed E-state index contributed by atoms with van der Waals surface area (Å²) in [5.74, 6) is -0.386. The molecule has 1 aromatic carbocycles. The summed E-state index contributed by atoms with van der Waals surface area (Å²) < 4.78 is 13.0. The average molecular weight is 199 g/mol. The highest BCUT2D eigenvalue weighted by atomic mass is 32.1. The van der Waals surface area contributed by atoms with E-state index in [-0.39, 0.29) is 24.0 Å². The maximum atomic E-state index is 13.0. The SMILES string of the molecule is O=C(CS)NCc1ccccc1F. The summed E-state index contributed by atoms with van der Waals surface area (Å²) in [6, 6.07) is 6.33. The second-order valence-corrected chi connectivity index (χ2v) is 2.84. The summed E-state index contributed by atoms with van der Waals surface area (Å²) in [7, 11) is 0. The summed E-state index contributed by atoms with van der Waals surface area (Å²) in [4.78, 5) is 10.8. The lowest BCUT2D eigenvalue weighted by Gasteiger charge is -2.03. The lowest BCUT2D eigenvalue weighted by molar-refractivity contribution is -0.118. The van der Waals surface area contributed by atoms with Crippen molar-refractivity contribution in [3.8, 4) is 0 Å². The van der Waals surface area contributed by atoms with E-state index in [0.29, 0.717) is 5.56 Å². The molecule has 0 spiro atoms. The quantitative estimate of drug-likeness (QED) is 0.707. The molecule has 0 saturated heterocycles. The molecule has 0 unspecified atom stereocenters. The zero-order chi connectivity index (χ0) is 9.68. The monoisotopic (exact) mass is 199 g/mol. The van der Waals surface area contributed by atoms with Gasteiger partial charge in [-0.1, -0.05) is 18.2 Å². The third-order valence-corrected chi connectivity index (χ3v) is 1.86. The van der Waals surface area contributed by atoms with Gasteiger partial charge in [-0.3, -0.25) is 4.79 Å². The van der Waals surface area contributed by atoms with Crippen LogP contribution in [0.2, 0.25) is 0 Å². The van der Waals surface area contributed by atoms with Gasteiger partial charge in [-0.15, -0.1) is 0 Å².